The predicted molar refractivity (Wildman–Crippen MR) is 85.9 cm³/mol. The molecule has 0 heterocycles. The molecule has 6 heteroatoms. The molecule has 1 aromatic rings. The van der Waals surface area contributed by atoms with Crippen LogP contribution in [-0.4, -0.2) is 19.5 Å². The third kappa shape index (κ3) is 4.76. The fourth-order valence-electron chi connectivity index (χ4n) is 1.82. The second-order valence-electron chi connectivity index (χ2n) is 3.96. The van der Waals surface area contributed by atoms with E-state index < -0.39 is 6.72 Å². The highest BCUT2D eigenvalue weighted by molar-refractivity contribution is 8.07. The van der Waals surface area contributed by atoms with Crippen molar-refractivity contribution in [2.24, 2.45) is 0 Å². The number of rotatable bonds is 7. The number of thioether (sulfide) groups is 1. The molecule has 1 rings (SSSR count). The first-order chi connectivity index (χ1) is 8.95. The number of benzene rings is 1. The quantitative estimate of drug-likeness (QED) is 0.536. The molecule has 0 radical (unpaired) electrons. The van der Waals surface area contributed by atoms with E-state index in [1.807, 2.05) is 26.0 Å². The molecule has 0 amide bonds. The van der Waals surface area contributed by atoms with Gasteiger partial charge in [-0.1, -0.05) is 0 Å². The second kappa shape index (κ2) is 7.65. The lowest BCUT2D eigenvalue weighted by molar-refractivity contribution is 0.218. The van der Waals surface area contributed by atoms with Gasteiger partial charge in [0.05, 0.1) is 13.2 Å². The van der Waals surface area contributed by atoms with Crippen LogP contribution in [0.4, 0.5) is 0 Å². The van der Waals surface area contributed by atoms with Crippen LogP contribution in [0, 0.1) is 13.8 Å². The third-order valence-electron chi connectivity index (χ3n) is 2.43. The van der Waals surface area contributed by atoms with Crippen molar-refractivity contribution in [1.29, 1.82) is 0 Å². The Hall–Kier alpha value is -0.0600. The molecule has 0 unspecified atom stereocenters. The zero-order valence-corrected chi connectivity index (χ0v) is 14.6. The highest BCUT2D eigenvalue weighted by Gasteiger charge is 2.21. The van der Waals surface area contributed by atoms with Crippen LogP contribution in [0.1, 0.15) is 25.0 Å². The first-order valence-electron chi connectivity index (χ1n) is 6.19. The lowest BCUT2D eigenvalue weighted by atomic mass is 10.1. The predicted octanol–water partition coefficient (Wildman–Crippen LogP) is 4.70. The molecule has 0 atom stereocenters. The van der Waals surface area contributed by atoms with Crippen molar-refractivity contribution in [3.05, 3.63) is 23.3 Å². The molecule has 19 heavy (non-hydrogen) atoms. The molecule has 0 aliphatic heterocycles. The molecule has 0 saturated heterocycles. The number of hydrogen-bond donors (Lipinski definition) is 0. The Labute approximate surface area is 125 Å². The highest BCUT2D eigenvalue weighted by atomic mass is 32.5. The van der Waals surface area contributed by atoms with Crippen molar-refractivity contribution < 1.29 is 13.6 Å². The summed E-state index contributed by atoms with van der Waals surface area (Å²) in [6, 6.07) is 3.97. The van der Waals surface area contributed by atoms with Crippen LogP contribution in [0.15, 0.2) is 17.0 Å². The van der Waals surface area contributed by atoms with Gasteiger partial charge in [-0.05, 0) is 57.2 Å². The summed E-state index contributed by atoms with van der Waals surface area (Å²) >= 11 is 7.10. The smallest absolute Gasteiger partial charge is 0.380 e. The molecule has 1 aromatic carbocycles. The summed E-state index contributed by atoms with van der Waals surface area (Å²) in [6.45, 7) is 6.19. The molecular formula is C13H21O3PS2. The van der Waals surface area contributed by atoms with E-state index in [0.717, 1.165) is 5.75 Å². The van der Waals surface area contributed by atoms with Gasteiger partial charge in [0.1, 0.15) is 5.75 Å². The van der Waals surface area contributed by atoms with E-state index in [1.165, 1.54) is 16.0 Å². The van der Waals surface area contributed by atoms with Gasteiger partial charge in [-0.3, -0.25) is 9.05 Å². The minimum atomic E-state index is -2.68. The van der Waals surface area contributed by atoms with Crippen LogP contribution < -0.4 is 4.52 Å². The zero-order chi connectivity index (χ0) is 14.5. The van der Waals surface area contributed by atoms with Crippen LogP contribution in [0.3, 0.4) is 0 Å². The number of aryl methyl sites for hydroxylation is 2. The Balaban J connectivity index is 3.01. The zero-order valence-electron chi connectivity index (χ0n) is 12.1. The van der Waals surface area contributed by atoms with Gasteiger partial charge in [-0.2, -0.15) is 0 Å². The largest absolute Gasteiger partial charge is 0.424 e. The lowest BCUT2D eigenvalue weighted by Gasteiger charge is -2.22. The normalized spacial score (nSPS) is 11.6. The van der Waals surface area contributed by atoms with Crippen LogP contribution in [0.2, 0.25) is 0 Å². The monoisotopic (exact) mass is 320 g/mol. The van der Waals surface area contributed by atoms with Crippen molar-refractivity contribution in [2.45, 2.75) is 32.6 Å². The first kappa shape index (κ1) is 17.0. The lowest BCUT2D eigenvalue weighted by Crippen LogP contribution is -2.02. The van der Waals surface area contributed by atoms with Crippen molar-refractivity contribution >= 4 is 30.3 Å². The molecule has 0 spiro atoms. The van der Waals surface area contributed by atoms with Crippen LogP contribution >= 0.6 is 18.5 Å². The molecule has 0 aliphatic carbocycles. The summed E-state index contributed by atoms with van der Waals surface area (Å²) in [4.78, 5) is 1.27. The molecule has 0 aromatic heterocycles. The van der Waals surface area contributed by atoms with Gasteiger partial charge in [0.25, 0.3) is 0 Å². The van der Waals surface area contributed by atoms with Crippen molar-refractivity contribution in [2.75, 3.05) is 19.5 Å². The SMILES string of the molecule is CCOP(=S)(OCC)Oc1cc(C)c(SC)c(C)c1. The van der Waals surface area contributed by atoms with Gasteiger partial charge in [-0.15, -0.1) is 11.8 Å². The Kier molecular flexibility index (Phi) is 6.84. The topological polar surface area (TPSA) is 27.7 Å². The highest BCUT2D eigenvalue weighted by Crippen LogP contribution is 2.50. The first-order valence-corrected chi connectivity index (χ1v) is 9.97. The average molecular weight is 320 g/mol. The van der Waals surface area contributed by atoms with Gasteiger partial charge in [0.15, 0.2) is 0 Å². The molecular weight excluding hydrogens is 299 g/mol. The van der Waals surface area contributed by atoms with Crippen LogP contribution in [-0.2, 0) is 20.9 Å². The summed E-state index contributed by atoms with van der Waals surface area (Å²) < 4.78 is 16.8. The van der Waals surface area contributed by atoms with Gasteiger partial charge < -0.3 is 4.52 Å². The van der Waals surface area contributed by atoms with Crippen molar-refractivity contribution in [1.82, 2.24) is 0 Å². The van der Waals surface area contributed by atoms with E-state index in [4.69, 9.17) is 25.4 Å². The van der Waals surface area contributed by atoms with Gasteiger partial charge >= 0.3 is 6.72 Å². The van der Waals surface area contributed by atoms with Gasteiger partial charge in [0, 0.05) is 16.7 Å². The fourth-order valence-corrected chi connectivity index (χ4v) is 4.65. The summed E-state index contributed by atoms with van der Waals surface area (Å²) in [5, 5.41) is 0. The summed E-state index contributed by atoms with van der Waals surface area (Å²) in [6.07, 6.45) is 2.07. The Morgan fingerprint density at radius 3 is 1.95 bits per heavy atom. The summed E-state index contributed by atoms with van der Waals surface area (Å²) in [5.74, 6) is 0.720. The summed E-state index contributed by atoms with van der Waals surface area (Å²) in [7, 11) is 0. The van der Waals surface area contributed by atoms with E-state index in [-0.39, 0.29) is 0 Å². The maximum atomic E-state index is 5.82. The van der Waals surface area contributed by atoms with E-state index in [9.17, 15) is 0 Å². The molecule has 0 saturated carbocycles. The second-order valence-corrected chi connectivity index (χ2v) is 7.72. The van der Waals surface area contributed by atoms with E-state index in [0.29, 0.717) is 13.2 Å². The Bertz CT molecular complexity index is 444. The van der Waals surface area contributed by atoms with E-state index >= 15 is 0 Å². The maximum absolute atomic E-state index is 5.82. The van der Waals surface area contributed by atoms with Crippen LogP contribution in [0.25, 0.3) is 0 Å². The molecule has 108 valence electrons. The van der Waals surface area contributed by atoms with Crippen molar-refractivity contribution in [3.63, 3.8) is 0 Å². The van der Waals surface area contributed by atoms with E-state index in [2.05, 4.69) is 20.1 Å². The summed E-state index contributed by atoms with van der Waals surface area (Å²) in [5.41, 5.74) is 2.36. The number of hydrogen-bond acceptors (Lipinski definition) is 5. The van der Waals surface area contributed by atoms with Crippen molar-refractivity contribution in [3.8, 4) is 5.75 Å². The molecule has 3 nitrogen and oxygen atoms in total. The maximum Gasteiger partial charge on any atom is 0.380 e. The molecule has 0 bridgehead atoms. The Morgan fingerprint density at radius 2 is 1.58 bits per heavy atom. The van der Waals surface area contributed by atoms with Crippen LogP contribution in [0.5, 0.6) is 5.75 Å². The van der Waals surface area contributed by atoms with E-state index in [1.54, 1.807) is 11.8 Å². The van der Waals surface area contributed by atoms with Gasteiger partial charge in [-0.25, -0.2) is 0 Å². The molecule has 0 N–H and O–H groups in total. The fraction of sp³-hybridized carbons (Fsp3) is 0.538. The standard InChI is InChI=1S/C13H21O3PS2/c1-6-14-17(18,15-7-2)16-12-8-10(3)13(19-5)11(4)9-12/h8-9H,6-7H2,1-5H3. The minimum Gasteiger partial charge on any atom is -0.424 e. The molecule has 0 aliphatic rings. The minimum absolute atomic E-state index is 0.484. The third-order valence-corrected chi connectivity index (χ3v) is 5.92. The van der Waals surface area contributed by atoms with Gasteiger partial charge in [0.2, 0.25) is 0 Å². The Morgan fingerprint density at radius 1 is 1.11 bits per heavy atom. The molecule has 0 fully saturated rings. The average Bonchev–Trinajstić information content (AvgIpc) is 2.28.